The molecule has 5 N–H and O–H groups in total. The highest BCUT2D eigenvalue weighted by atomic mass is 16.6. The first-order valence-corrected chi connectivity index (χ1v) is 5.73. The molecule has 104 valence electrons. The van der Waals surface area contributed by atoms with Crippen molar-refractivity contribution in [3.63, 3.8) is 0 Å². The molecular weight excluding hydrogens is 248 g/mol. The van der Waals surface area contributed by atoms with Crippen molar-refractivity contribution in [2.24, 2.45) is 5.73 Å². The highest BCUT2D eigenvalue weighted by molar-refractivity contribution is 5.89. The molecule has 1 unspecified atom stereocenters. The number of carbonyl (C=O) groups is 2. The molecule has 1 aromatic carbocycles. The van der Waals surface area contributed by atoms with E-state index in [-0.39, 0.29) is 16.8 Å². The van der Waals surface area contributed by atoms with Crippen LogP contribution in [0.4, 0.5) is 5.69 Å². The van der Waals surface area contributed by atoms with E-state index in [4.69, 9.17) is 21.3 Å². The molecule has 0 spiro atoms. The van der Waals surface area contributed by atoms with Crippen molar-refractivity contribution in [3.8, 4) is 0 Å². The maximum Gasteiger partial charge on any atom is 0.335 e. The third-order valence-corrected chi connectivity index (χ3v) is 2.33. The first kappa shape index (κ1) is 15.0. The summed E-state index contributed by atoms with van der Waals surface area (Å²) in [4.78, 5) is 22.7. The van der Waals surface area contributed by atoms with Crippen molar-refractivity contribution < 1.29 is 19.4 Å². The second-order valence-corrected chi connectivity index (χ2v) is 5.16. The minimum Gasteiger partial charge on any atom is -0.478 e. The predicted molar refractivity (Wildman–Crippen MR) is 70.6 cm³/mol. The molecular formula is C13H18N2O4. The number of aromatic carboxylic acids is 1. The van der Waals surface area contributed by atoms with E-state index in [2.05, 4.69) is 0 Å². The number of nitrogens with two attached hydrogens (primary N) is 2. The number of esters is 1. The van der Waals surface area contributed by atoms with Gasteiger partial charge in [0.25, 0.3) is 0 Å². The second kappa shape index (κ2) is 5.27. The summed E-state index contributed by atoms with van der Waals surface area (Å²) in [5, 5.41) is 8.91. The summed E-state index contributed by atoms with van der Waals surface area (Å²) in [6.07, 6.45) is 0. The Morgan fingerprint density at radius 3 is 2.37 bits per heavy atom. The van der Waals surface area contributed by atoms with Crippen LogP contribution in [-0.4, -0.2) is 22.6 Å². The average molecular weight is 266 g/mol. The molecule has 6 nitrogen and oxygen atoms in total. The molecule has 1 aromatic rings. The summed E-state index contributed by atoms with van der Waals surface area (Å²) in [6, 6.07) is 2.93. The lowest BCUT2D eigenvalue weighted by Crippen LogP contribution is -2.32. The number of benzene rings is 1. The van der Waals surface area contributed by atoms with Gasteiger partial charge in [-0.1, -0.05) is 0 Å². The Morgan fingerprint density at radius 2 is 1.89 bits per heavy atom. The van der Waals surface area contributed by atoms with Crippen molar-refractivity contribution in [1.82, 2.24) is 0 Å². The van der Waals surface area contributed by atoms with Crippen LogP contribution in [0.2, 0.25) is 0 Å². The summed E-state index contributed by atoms with van der Waals surface area (Å²) in [7, 11) is 0. The molecule has 0 aliphatic carbocycles. The fraction of sp³-hybridized carbons (Fsp3) is 0.385. The zero-order valence-corrected chi connectivity index (χ0v) is 11.1. The van der Waals surface area contributed by atoms with Crippen LogP contribution >= 0.6 is 0 Å². The molecule has 0 heterocycles. The number of rotatable bonds is 3. The number of hydrogen-bond acceptors (Lipinski definition) is 5. The van der Waals surface area contributed by atoms with Crippen molar-refractivity contribution >= 4 is 17.6 Å². The van der Waals surface area contributed by atoms with Gasteiger partial charge in [-0.05, 0) is 39.0 Å². The van der Waals surface area contributed by atoms with Crippen LogP contribution in [0.15, 0.2) is 18.2 Å². The zero-order chi connectivity index (χ0) is 14.8. The number of carbonyl (C=O) groups excluding carboxylic acids is 1. The average Bonchev–Trinajstić information content (AvgIpc) is 2.26. The van der Waals surface area contributed by atoms with E-state index in [0.717, 1.165) is 0 Å². The number of ether oxygens (including phenoxy) is 1. The van der Waals surface area contributed by atoms with Gasteiger partial charge in [0.15, 0.2) is 0 Å². The van der Waals surface area contributed by atoms with Gasteiger partial charge in [0, 0.05) is 11.3 Å². The number of carboxylic acid groups (broad SMARTS) is 1. The lowest BCUT2D eigenvalue weighted by Gasteiger charge is -2.23. The van der Waals surface area contributed by atoms with Gasteiger partial charge in [-0.3, -0.25) is 0 Å². The number of anilines is 1. The Hall–Kier alpha value is -2.08. The van der Waals surface area contributed by atoms with E-state index in [9.17, 15) is 9.59 Å². The minimum atomic E-state index is -1.11. The molecule has 0 saturated carbocycles. The monoisotopic (exact) mass is 266 g/mol. The minimum absolute atomic E-state index is 0.0169. The first-order chi connectivity index (χ1) is 8.61. The summed E-state index contributed by atoms with van der Waals surface area (Å²) in [5.41, 5.74) is 11.3. The van der Waals surface area contributed by atoms with Gasteiger partial charge in [-0.25, -0.2) is 9.59 Å². The number of hydrogen-bond donors (Lipinski definition) is 3. The Labute approximate surface area is 111 Å². The molecule has 0 saturated heterocycles. The Kier molecular flexibility index (Phi) is 4.16. The predicted octanol–water partition coefficient (Wildman–Crippen LogP) is 1.31. The smallest absolute Gasteiger partial charge is 0.335 e. The van der Waals surface area contributed by atoms with E-state index in [1.807, 2.05) is 0 Å². The molecule has 0 bridgehead atoms. The van der Waals surface area contributed by atoms with Gasteiger partial charge in [0.05, 0.1) is 5.56 Å². The van der Waals surface area contributed by atoms with Crippen LogP contribution in [0.1, 0.15) is 42.7 Å². The van der Waals surface area contributed by atoms with Crippen molar-refractivity contribution in [1.29, 1.82) is 0 Å². The van der Waals surface area contributed by atoms with E-state index in [1.54, 1.807) is 20.8 Å². The van der Waals surface area contributed by atoms with Crippen LogP contribution < -0.4 is 11.5 Å². The van der Waals surface area contributed by atoms with E-state index in [0.29, 0.717) is 0 Å². The summed E-state index contributed by atoms with van der Waals surface area (Å²) < 4.78 is 5.14. The zero-order valence-electron chi connectivity index (χ0n) is 11.1. The van der Waals surface area contributed by atoms with Gasteiger partial charge in [0.1, 0.15) is 11.6 Å². The van der Waals surface area contributed by atoms with Gasteiger partial charge in [0.2, 0.25) is 0 Å². The first-order valence-electron chi connectivity index (χ1n) is 5.73. The van der Waals surface area contributed by atoms with Crippen molar-refractivity contribution in [3.05, 3.63) is 29.3 Å². The maximum atomic E-state index is 11.8. The SMILES string of the molecule is CC(C)(C)OC(=O)C(N)c1cc(C(=O)O)ccc1N. The molecule has 1 rings (SSSR count). The Morgan fingerprint density at radius 1 is 1.32 bits per heavy atom. The van der Waals surface area contributed by atoms with Crippen LogP contribution in [0.25, 0.3) is 0 Å². The lowest BCUT2D eigenvalue weighted by atomic mass is 10.0. The Bertz CT molecular complexity index is 506. The lowest BCUT2D eigenvalue weighted by molar-refractivity contribution is -0.156. The highest BCUT2D eigenvalue weighted by Crippen LogP contribution is 2.23. The maximum absolute atomic E-state index is 11.8. The Balaban J connectivity index is 3.05. The molecule has 0 amide bonds. The van der Waals surface area contributed by atoms with Crippen LogP contribution in [0.5, 0.6) is 0 Å². The van der Waals surface area contributed by atoms with E-state index in [1.165, 1.54) is 18.2 Å². The molecule has 19 heavy (non-hydrogen) atoms. The molecule has 0 aromatic heterocycles. The van der Waals surface area contributed by atoms with Gasteiger partial charge < -0.3 is 21.3 Å². The summed E-state index contributed by atoms with van der Waals surface area (Å²) in [5.74, 6) is -1.76. The molecule has 0 aliphatic rings. The number of nitrogen functional groups attached to an aromatic ring is 1. The van der Waals surface area contributed by atoms with Crippen LogP contribution in [-0.2, 0) is 9.53 Å². The van der Waals surface area contributed by atoms with Crippen LogP contribution in [0, 0.1) is 0 Å². The van der Waals surface area contributed by atoms with Gasteiger partial charge in [-0.15, -0.1) is 0 Å². The standard InChI is InChI=1S/C13H18N2O4/c1-13(2,3)19-12(18)10(15)8-6-7(11(16)17)4-5-9(8)14/h4-6,10H,14-15H2,1-3H3,(H,16,17). The van der Waals surface area contributed by atoms with E-state index >= 15 is 0 Å². The molecule has 6 heteroatoms. The van der Waals surface area contributed by atoms with Crippen molar-refractivity contribution in [2.75, 3.05) is 5.73 Å². The van der Waals surface area contributed by atoms with Crippen LogP contribution in [0.3, 0.4) is 0 Å². The molecule has 0 radical (unpaired) electrons. The fourth-order valence-electron chi connectivity index (χ4n) is 1.47. The topological polar surface area (TPSA) is 116 Å². The quantitative estimate of drug-likeness (QED) is 0.561. The number of carboxylic acids is 1. The second-order valence-electron chi connectivity index (χ2n) is 5.16. The fourth-order valence-corrected chi connectivity index (χ4v) is 1.47. The third-order valence-electron chi connectivity index (χ3n) is 2.33. The van der Waals surface area contributed by atoms with Gasteiger partial charge in [-0.2, -0.15) is 0 Å². The summed E-state index contributed by atoms with van der Waals surface area (Å²) in [6.45, 7) is 5.15. The van der Waals surface area contributed by atoms with E-state index < -0.39 is 23.6 Å². The van der Waals surface area contributed by atoms with Gasteiger partial charge >= 0.3 is 11.9 Å². The largest absolute Gasteiger partial charge is 0.478 e. The normalized spacial score (nSPS) is 12.8. The third kappa shape index (κ3) is 3.96. The highest BCUT2D eigenvalue weighted by Gasteiger charge is 2.25. The van der Waals surface area contributed by atoms with Crippen molar-refractivity contribution in [2.45, 2.75) is 32.4 Å². The molecule has 1 atom stereocenters. The molecule has 0 aliphatic heterocycles. The molecule has 0 fully saturated rings. The summed E-state index contributed by atoms with van der Waals surface area (Å²) >= 11 is 0.